The standard InChI is InChI=1S/C22H23N3O4/c1-2-16-7-9-17(10-8-16)21(27)24-13-11-23(12-14-24)20(26)15-25-18-5-3-4-6-19(18)29-22(25)28/h3-10H,2,11-15H2,1H3. The van der Waals surface area contributed by atoms with E-state index < -0.39 is 5.76 Å². The van der Waals surface area contributed by atoms with Gasteiger partial charge in [0.15, 0.2) is 5.58 Å². The van der Waals surface area contributed by atoms with Crippen molar-refractivity contribution in [3.8, 4) is 0 Å². The number of benzene rings is 2. The first-order valence-electron chi connectivity index (χ1n) is 9.81. The van der Waals surface area contributed by atoms with Crippen molar-refractivity contribution in [2.24, 2.45) is 0 Å². The monoisotopic (exact) mass is 393 g/mol. The van der Waals surface area contributed by atoms with Crippen molar-refractivity contribution in [2.45, 2.75) is 19.9 Å². The van der Waals surface area contributed by atoms with Crippen LogP contribution in [-0.2, 0) is 17.8 Å². The second-order valence-electron chi connectivity index (χ2n) is 7.15. The molecule has 1 saturated heterocycles. The first-order chi connectivity index (χ1) is 14.1. The van der Waals surface area contributed by atoms with Crippen LogP contribution in [0, 0.1) is 0 Å². The Morgan fingerprint density at radius 2 is 1.59 bits per heavy atom. The van der Waals surface area contributed by atoms with Gasteiger partial charge in [-0.1, -0.05) is 31.2 Å². The maximum absolute atomic E-state index is 12.7. The Morgan fingerprint density at radius 3 is 2.28 bits per heavy atom. The van der Waals surface area contributed by atoms with Gasteiger partial charge in [0, 0.05) is 31.7 Å². The Balaban J connectivity index is 1.38. The van der Waals surface area contributed by atoms with Crippen molar-refractivity contribution in [3.63, 3.8) is 0 Å². The molecule has 1 aromatic heterocycles. The lowest BCUT2D eigenvalue weighted by atomic mass is 10.1. The Morgan fingerprint density at radius 1 is 0.931 bits per heavy atom. The number of carbonyl (C=O) groups excluding carboxylic acids is 2. The molecule has 3 aromatic rings. The molecule has 0 bridgehead atoms. The van der Waals surface area contributed by atoms with Crippen LogP contribution in [0.1, 0.15) is 22.8 Å². The van der Waals surface area contributed by atoms with Gasteiger partial charge in [-0.05, 0) is 36.2 Å². The number of fused-ring (bicyclic) bond motifs is 1. The maximum atomic E-state index is 12.7. The summed E-state index contributed by atoms with van der Waals surface area (Å²) in [5, 5.41) is 0. The zero-order chi connectivity index (χ0) is 20.4. The van der Waals surface area contributed by atoms with Crippen LogP contribution in [0.2, 0.25) is 0 Å². The van der Waals surface area contributed by atoms with Gasteiger partial charge in [-0.3, -0.25) is 14.2 Å². The largest absolute Gasteiger partial charge is 0.420 e. The van der Waals surface area contributed by atoms with Gasteiger partial charge in [0.25, 0.3) is 5.91 Å². The van der Waals surface area contributed by atoms with Crippen molar-refractivity contribution in [1.82, 2.24) is 14.4 Å². The third-order valence-corrected chi connectivity index (χ3v) is 5.40. The highest BCUT2D eigenvalue weighted by Crippen LogP contribution is 2.14. The number of oxazole rings is 1. The van der Waals surface area contributed by atoms with E-state index in [1.54, 1.807) is 34.1 Å². The zero-order valence-corrected chi connectivity index (χ0v) is 16.3. The number of aromatic nitrogens is 1. The number of nitrogens with zero attached hydrogens (tertiary/aromatic N) is 3. The minimum atomic E-state index is -0.538. The predicted molar refractivity (Wildman–Crippen MR) is 109 cm³/mol. The molecule has 4 rings (SSSR count). The highest BCUT2D eigenvalue weighted by Gasteiger charge is 2.25. The van der Waals surface area contributed by atoms with E-state index >= 15 is 0 Å². The van der Waals surface area contributed by atoms with Crippen molar-refractivity contribution in [1.29, 1.82) is 0 Å². The molecule has 2 aromatic carbocycles. The van der Waals surface area contributed by atoms with Gasteiger partial charge < -0.3 is 14.2 Å². The molecule has 2 heterocycles. The van der Waals surface area contributed by atoms with Gasteiger partial charge in [-0.15, -0.1) is 0 Å². The molecule has 0 spiro atoms. The summed E-state index contributed by atoms with van der Waals surface area (Å²) in [6, 6.07) is 14.7. The summed E-state index contributed by atoms with van der Waals surface area (Å²) in [5.41, 5.74) is 2.93. The molecular formula is C22H23N3O4. The Kier molecular flexibility index (Phi) is 5.20. The molecule has 0 radical (unpaired) electrons. The fraction of sp³-hybridized carbons (Fsp3) is 0.318. The highest BCUT2D eigenvalue weighted by molar-refractivity contribution is 5.94. The Labute approximate surface area is 168 Å². The summed E-state index contributed by atoms with van der Waals surface area (Å²) < 4.78 is 6.54. The first kappa shape index (κ1) is 19.0. The van der Waals surface area contributed by atoms with Crippen LogP contribution in [0.4, 0.5) is 0 Å². The van der Waals surface area contributed by atoms with Crippen LogP contribution in [0.3, 0.4) is 0 Å². The van der Waals surface area contributed by atoms with E-state index in [0.717, 1.165) is 6.42 Å². The SMILES string of the molecule is CCc1ccc(C(=O)N2CCN(C(=O)Cn3c(=O)oc4ccccc43)CC2)cc1. The molecule has 0 N–H and O–H groups in total. The second-order valence-corrected chi connectivity index (χ2v) is 7.15. The molecule has 2 amide bonds. The van der Waals surface area contributed by atoms with Gasteiger partial charge >= 0.3 is 5.76 Å². The van der Waals surface area contributed by atoms with Crippen molar-refractivity contribution in [3.05, 3.63) is 70.2 Å². The Hall–Kier alpha value is -3.35. The van der Waals surface area contributed by atoms with Gasteiger partial charge in [0.1, 0.15) is 6.54 Å². The third kappa shape index (κ3) is 3.81. The zero-order valence-electron chi connectivity index (χ0n) is 16.3. The molecule has 1 fully saturated rings. The number of hydrogen-bond acceptors (Lipinski definition) is 4. The number of piperazine rings is 1. The van der Waals surface area contributed by atoms with E-state index in [1.165, 1.54) is 10.1 Å². The average molecular weight is 393 g/mol. The molecule has 1 aliphatic heterocycles. The molecule has 0 unspecified atom stereocenters. The highest BCUT2D eigenvalue weighted by atomic mass is 16.4. The van der Waals surface area contributed by atoms with Crippen LogP contribution in [0.5, 0.6) is 0 Å². The lowest BCUT2D eigenvalue weighted by Gasteiger charge is -2.34. The van der Waals surface area contributed by atoms with E-state index in [1.807, 2.05) is 24.3 Å². The fourth-order valence-corrected chi connectivity index (χ4v) is 3.62. The fourth-order valence-electron chi connectivity index (χ4n) is 3.62. The third-order valence-electron chi connectivity index (χ3n) is 5.40. The Bertz CT molecular complexity index is 1090. The molecule has 0 atom stereocenters. The van der Waals surface area contributed by atoms with Gasteiger partial charge in [-0.2, -0.15) is 0 Å². The smallest absolute Gasteiger partial charge is 0.408 e. The molecule has 7 heteroatoms. The number of para-hydroxylation sites is 2. The molecule has 7 nitrogen and oxygen atoms in total. The van der Waals surface area contributed by atoms with Crippen LogP contribution >= 0.6 is 0 Å². The van der Waals surface area contributed by atoms with E-state index in [4.69, 9.17) is 4.42 Å². The van der Waals surface area contributed by atoms with Crippen molar-refractivity contribution < 1.29 is 14.0 Å². The lowest BCUT2D eigenvalue weighted by Crippen LogP contribution is -2.51. The van der Waals surface area contributed by atoms with Crippen LogP contribution < -0.4 is 5.76 Å². The summed E-state index contributed by atoms with van der Waals surface area (Å²) in [6.07, 6.45) is 0.935. The molecular weight excluding hydrogens is 370 g/mol. The summed E-state index contributed by atoms with van der Waals surface area (Å²) >= 11 is 0. The topological polar surface area (TPSA) is 75.8 Å². The molecule has 1 aliphatic rings. The minimum absolute atomic E-state index is 0.0169. The quantitative estimate of drug-likeness (QED) is 0.681. The normalized spacial score (nSPS) is 14.4. The van der Waals surface area contributed by atoms with Gasteiger partial charge in [0.2, 0.25) is 5.91 Å². The molecule has 0 saturated carbocycles. The first-order valence-corrected chi connectivity index (χ1v) is 9.81. The molecule has 150 valence electrons. The number of carbonyl (C=O) groups is 2. The summed E-state index contributed by atoms with van der Waals surface area (Å²) in [6.45, 7) is 3.85. The molecule has 0 aliphatic carbocycles. The van der Waals surface area contributed by atoms with Crippen LogP contribution in [0.15, 0.2) is 57.7 Å². The molecule has 29 heavy (non-hydrogen) atoms. The number of hydrogen-bond donors (Lipinski definition) is 0. The van der Waals surface area contributed by atoms with Crippen LogP contribution in [-0.4, -0.2) is 52.4 Å². The van der Waals surface area contributed by atoms with Crippen molar-refractivity contribution >= 4 is 22.9 Å². The van der Waals surface area contributed by atoms with Crippen molar-refractivity contribution in [2.75, 3.05) is 26.2 Å². The van der Waals surface area contributed by atoms with E-state index in [9.17, 15) is 14.4 Å². The lowest BCUT2D eigenvalue weighted by molar-refractivity contribution is -0.133. The number of rotatable bonds is 4. The number of amides is 2. The summed E-state index contributed by atoms with van der Waals surface area (Å²) in [5.74, 6) is -0.709. The van der Waals surface area contributed by atoms with Crippen LogP contribution in [0.25, 0.3) is 11.1 Å². The van der Waals surface area contributed by atoms with Gasteiger partial charge in [-0.25, -0.2) is 4.79 Å². The minimum Gasteiger partial charge on any atom is -0.408 e. The number of aryl methyl sites for hydroxylation is 1. The van der Waals surface area contributed by atoms with Gasteiger partial charge in [0.05, 0.1) is 5.52 Å². The summed E-state index contributed by atoms with van der Waals surface area (Å²) in [4.78, 5) is 40.9. The second kappa shape index (κ2) is 7.95. The maximum Gasteiger partial charge on any atom is 0.420 e. The van der Waals surface area contributed by atoms with E-state index in [2.05, 4.69) is 6.92 Å². The predicted octanol–water partition coefficient (Wildman–Crippen LogP) is 2.14. The average Bonchev–Trinajstić information content (AvgIpc) is 3.08. The van der Waals surface area contributed by atoms with E-state index in [0.29, 0.717) is 42.8 Å². The summed E-state index contributed by atoms with van der Waals surface area (Å²) in [7, 11) is 0. The van der Waals surface area contributed by atoms with E-state index in [-0.39, 0.29) is 18.4 Å².